The van der Waals surface area contributed by atoms with E-state index in [9.17, 15) is 4.79 Å². The van der Waals surface area contributed by atoms with Gasteiger partial charge in [-0.3, -0.25) is 4.79 Å². The lowest BCUT2D eigenvalue weighted by Crippen LogP contribution is -2.14. The van der Waals surface area contributed by atoms with Gasteiger partial charge in [-0.2, -0.15) is 0 Å². The number of carbonyl (C=O) groups excluding carboxylic acids is 1. The van der Waals surface area contributed by atoms with E-state index in [0.717, 1.165) is 18.1 Å². The van der Waals surface area contributed by atoms with Gasteiger partial charge in [-0.25, -0.2) is 0 Å². The molecule has 1 aliphatic heterocycles. The molecule has 28 heavy (non-hydrogen) atoms. The Morgan fingerprint density at radius 2 is 1.39 bits per heavy atom. The third-order valence-corrected chi connectivity index (χ3v) is 6.93. The van der Waals surface area contributed by atoms with E-state index in [2.05, 4.69) is 0 Å². The third-order valence-electron chi connectivity index (χ3n) is 3.92. The molecular formula is C19H36O7S2. The molecule has 1 fully saturated rings. The number of rotatable bonds is 20. The van der Waals surface area contributed by atoms with Crippen LogP contribution in [0.25, 0.3) is 0 Å². The normalized spacial score (nSPS) is 16.5. The van der Waals surface area contributed by atoms with Crippen LogP contribution in [-0.4, -0.2) is 90.2 Å². The highest BCUT2D eigenvalue weighted by Gasteiger charge is 2.15. The van der Waals surface area contributed by atoms with Crippen LogP contribution >= 0.6 is 21.6 Å². The van der Waals surface area contributed by atoms with Crippen molar-refractivity contribution in [2.45, 2.75) is 37.4 Å². The highest BCUT2D eigenvalue weighted by atomic mass is 33.1. The Bertz CT molecular complexity index is 355. The first-order valence-corrected chi connectivity index (χ1v) is 12.4. The van der Waals surface area contributed by atoms with Crippen molar-refractivity contribution in [2.24, 2.45) is 0 Å². The summed E-state index contributed by atoms with van der Waals surface area (Å²) in [5, 5.41) is 0.781. The average molecular weight is 441 g/mol. The van der Waals surface area contributed by atoms with Crippen LogP contribution in [0.4, 0.5) is 0 Å². The Labute approximate surface area is 177 Å². The first-order valence-electron chi connectivity index (χ1n) is 10.1. The lowest BCUT2D eigenvalue weighted by atomic mass is 10.1. The summed E-state index contributed by atoms with van der Waals surface area (Å²) >= 11 is 0. The quantitative estimate of drug-likeness (QED) is 0.161. The van der Waals surface area contributed by atoms with Gasteiger partial charge < -0.3 is 28.4 Å². The molecular weight excluding hydrogens is 404 g/mol. The summed E-state index contributed by atoms with van der Waals surface area (Å²) in [4.78, 5) is 11.6. The van der Waals surface area contributed by atoms with E-state index in [-0.39, 0.29) is 5.97 Å². The Morgan fingerprint density at radius 1 is 0.821 bits per heavy atom. The Balaban J connectivity index is 1.70. The van der Waals surface area contributed by atoms with Gasteiger partial charge in [0.25, 0.3) is 0 Å². The van der Waals surface area contributed by atoms with Crippen LogP contribution in [0, 0.1) is 0 Å². The third kappa shape index (κ3) is 16.9. The monoisotopic (exact) mass is 440 g/mol. The van der Waals surface area contributed by atoms with Crippen molar-refractivity contribution >= 4 is 27.6 Å². The molecule has 0 bridgehead atoms. The predicted octanol–water partition coefficient (Wildman–Crippen LogP) is 2.96. The summed E-state index contributed by atoms with van der Waals surface area (Å²) in [5.74, 6) is 1.14. The molecule has 0 spiro atoms. The van der Waals surface area contributed by atoms with Crippen LogP contribution in [0.2, 0.25) is 0 Å². The van der Waals surface area contributed by atoms with Crippen molar-refractivity contribution in [3.05, 3.63) is 0 Å². The van der Waals surface area contributed by atoms with Crippen LogP contribution in [-0.2, 0) is 33.2 Å². The van der Waals surface area contributed by atoms with Crippen molar-refractivity contribution in [1.29, 1.82) is 0 Å². The molecule has 1 rings (SSSR count). The number of ether oxygens (including phenoxy) is 6. The van der Waals surface area contributed by atoms with Crippen molar-refractivity contribution < 1.29 is 33.2 Å². The SMILES string of the molecule is COCCOCCOCCOCCOCCOC(=O)CCCCC1CCSS1. The average Bonchev–Trinajstić information content (AvgIpc) is 3.22. The van der Waals surface area contributed by atoms with Crippen LogP contribution < -0.4 is 0 Å². The first kappa shape index (κ1) is 26.0. The maximum atomic E-state index is 11.6. The molecule has 0 aromatic carbocycles. The second kappa shape index (κ2) is 20.3. The van der Waals surface area contributed by atoms with Crippen molar-refractivity contribution in [3.63, 3.8) is 0 Å². The molecule has 166 valence electrons. The molecule has 0 aliphatic carbocycles. The van der Waals surface area contributed by atoms with Crippen LogP contribution in [0.3, 0.4) is 0 Å². The second-order valence-electron chi connectivity index (χ2n) is 6.24. The number of hydrogen-bond acceptors (Lipinski definition) is 9. The molecule has 0 aromatic rings. The molecule has 0 N–H and O–H groups in total. The molecule has 0 aromatic heterocycles. The molecule has 1 heterocycles. The topological polar surface area (TPSA) is 72.5 Å². The molecule has 1 unspecified atom stereocenters. The molecule has 1 saturated heterocycles. The molecule has 9 heteroatoms. The first-order chi connectivity index (χ1) is 13.8. The van der Waals surface area contributed by atoms with Crippen LogP contribution in [0.5, 0.6) is 0 Å². The fraction of sp³-hybridized carbons (Fsp3) is 0.947. The fourth-order valence-corrected chi connectivity index (χ4v) is 5.42. The minimum atomic E-state index is -0.128. The van der Waals surface area contributed by atoms with Crippen molar-refractivity contribution in [1.82, 2.24) is 0 Å². The summed E-state index contributed by atoms with van der Waals surface area (Å²) in [6.07, 6.45) is 5.03. The molecule has 0 amide bonds. The molecule has 0 saturated carbocycles. The molecule has 1 atom stereocenters. The van der Waals surface area contributed by atoms with Crippen molar-refractivity contribution in [3.8, 4) is 0 Å². The van der Waals surface area contributed by atoms with Gasteiger partial charge in [0.05, 0.1) is 59.5 Å². The van der Waals surface area contributed by atoms with E-state index < -0.39 is 0 Å². The van der Waals surface area contributed by atoms with Gasteiger partial charge >= 0.3 is 5.97 Å². The molecule has 7 nitrogen and oxygen atoms in total. The molecule has 1 aliphatic rings. The highest BCUT2D eigenvalue weighted by Crippen LogP contribution is 2.39. The summed E-state index contributed by atoms with van der Waals surface area (Å²) in [7, 11) is 5.60. The number of unbranched alkanes of at least 4 members (excludes halogenated alkanes) is 1. The zero-order chi connectivity index (χ0) is 20.1. The molecule has 0 radical (unpaired) electrons. The maximum Gasteiger partial charge on any atom is 0.305 e. The Hall–Kier alpha value is -0.0300. The van der Waals surface area contributed by atoms with E-state index in [1.807, 2.05) is 21.6 Å². The highest BCUT2D eigenvalue weighted by molar-refractivity contribution is 8.77. The summed E-state index contributed by atoms with van der Waals surface area (Å²) in [6, 6.07) is 0. The lowest BCUT2D eigenvalue weighted by molar-refractivity contribution is -0.145. The maximum absolute atomic E-state index is 11.6. The zero-order valence-electron chi connectivity index (χ0n) is 17.1. The van der Waals surface area contributed by atoms with Gasteiger partial charge in [-0.15, -0.1) is 0 Å². The fourth-order valence-electron chi connectivity index (χ4n) is 2.40. The zero-order valence-corrected chi connectivity index (χ0v) is 18.7. The second-order valence-corrected chi connectivity index (χ2v) is 9.02. The van der Waals surface area contributed by atoms with Gasteiger partial charge in [0.1, 0.15) is 6.61 Å². The minimum absolute atomic E-state index is 0.128. The number of carbonyl (C=O) groups is 1. The van der Waals surface area contributed by atoms with Crippen molar-refractivity contribution in [2.75, 3.05) is 78.9 Å². The van der Waals surface area contributed by atoms with Gasteiger partial charge in [0.15, 0.2) is 0 Å². The number of methoxy groups -OCH3 is 1. The van der Waals surface area contributed by atoms with Gasteiger partial charge in [0.2, 0.25) is 0 Å². The summed E-state index contributed by atoms with van der Waals surface area (Å²) in [6.45, 7) is 5.03. The van der Waals surface area contributed by atoms with E-state index in [1.54, 1.807) is 7.11 Å². The Morgan fingerprint density at radius 3 is 1.93 bits per heavy atom. The van der Waals surface area contributed by atoms with E-state index >= 15 is 0 Å². The minimum Gasteiger partial charge on any atom is -0.463 e. The van der Waals surface area contributed by atoms with E-state index in [4.69, 9.17) is 28.4 Å². The largest absolute Gasteiger partial charge is 0.463 e. The van der Waals surface area contributed by atoms with Crippen LogP contribution in [0.15, 0.2) is 0 Å². The lowest BCUT2D eigenvalue weighted by Gasteiger charge is -2.08. The smallest absolute Gasteiger partial charge is 0.305 e. The predicted molar refractivity (Wildman–Crippen MR) is 113 cm³/mol. The summed E-state index contributed by atoms with van der Waals surface area (Å²) in [5.41, 5.74) is 0. The standard InChI is InChI=1S/C19H36O7S2/c1-21-7-8-22-9-10-23-11-12-24-13-14-25-15-16-26-19(20)5-3-2-4-18-6-17-27-28-18/h18H,2-17H2,1H3. The van der Waals surface area contributed by atoms with E-state index in [1.165, 1.54) is 18.6 Å². The number of hydrogen-bond donors (Lipinski definition) is 0. The summed E-state index contributed by atoms with van der Waals surface area (Å²) < 4.78 is 31.4. The van der Waals surface area contributed by atoms with Crippen LogP contribution in [0.1, 0.15) is 32.1 Å². The Kier molecular flexibility index (Phi) is 18.8. The van der Waals surface area contributed by atoms with Gasteiger partial charge in [0, 0.05) is 24.5 Å². The van der Waals surface area contributed by atoms with Gasteiger partial charge in [-0.1, -0.05) is 28.0 Å². The van der Waals surface area contributed by atoms with E-state index in [0.29, 0.717) is 72.5 Å². The van der Waals surface area contributed by atoms with Gasteiger partial charge in [-0.05, 0) is 19.3 Å². The number of esters is 1.